The van der Waals surface area contributed by atoms with E-state index in [0.717, 1.165) is 4.31 Å². The third-order valence-corrected chi connectivity index (χ3v) is 4.18. The molecule has 2 rings (SSSR count). The van der Waals surface area contributed by atoms with Gasteiger partial charge in [-0.3, -0.25) is 4.79 Å². The van der Waals surface area contributed by atoms with Crippen molar-refractivity contribution in [2.24, 2.45) is 0 Å². The smallest absolute Gasteiger partial charge is 0.320 e. The SMILES string of the molecule is O=C(O)CS(=O)(=O)N(Cc1ccco1)Cc1ccco1. The van der Waals surface area contributed by atoms with Crippen LogP contribution in [-0.2, 0) is 27.9 Å². The van der Waals surface area contributed by atoms with Crippen LogP contribution in [0.15, 0.2) is 45.6 Å². The zero-order chi connectivity index (χ0) is 14.6. The summed E-state index contributed by atoms with van der Waals surface area (Å²) < 4.78 is 35.3. The topological polar surface area (TPSA) is 101 Å². The molecule has 2 aromatic heterocycles. The van der Waals surface area contributed by atoms with E-state index in [9.17, 15) is 13.2 Å². The van der Waals surface area contributed by atoms with Crippen LogP contribution in [-0.4, -0.2) is 29.6 Å². The fourth-order valence-corrected chi connectivity index (χ4v) is 2.80. The van der Waals surface area contributed by atoms with Crippen molar-refractivity contribution >= 4 is 16.0 Å². The molecule has 0 aliphatic heterocycles. The summed E-state index contributed by atoms with van der Waals surface area (Å²) in [6.45, 7) is -0.105. The number of carboxylic acid groups (broad SMARTS) is 1. The van der Waals surface area contributed by atoms with Crippen molar-refractivity contribution in [1.82, 2.24) is 4.31 Å². The monoisotopic (exact) mass is 299 g/mol. The minimum atomic E-state index is -3.96. The number of aliphatic carboxylic acids is 1. The van der Waals surface area contributed by atoms with Gasteiger partial charge in [-0.1, -0.05) is 0 Å². The van der Waals surface area contributed by atoms with Gasteiger partial charge >= 0.3 is 5.97 Å². The summed E-state index contributed by atoms with van der Waals surface area (Å²) >= 11 is 0. The highest BCUT2D eigenvalue weighted by molar-refractivity contribution is 7.89. The molecule has 0 atom stereocenters. The minimum absolute atomic E-state index is 0.0523. The molecule has 0 radical (unpaired) electrons. The minimum Gasteiger partial charge on any atom is -0.480 e. The standard InChI is InChI=1S/C12H13NO6S/c14-12(15)9-20(16,17)13(7-10-3-1-5-18-10)8-11-4-2-6-19-11/h1-6H,7-9H2,(H,14,15). The van der Waals surface area contributed by atoms with Crippen molar-refractivity contribution in [3.05, 3.63) is 48.3 Å². The van der Waals surface area contributed by atoms with Crippen molar-refractivity contribution in [2.45, 2.75) is 13.1 Å². The van der Waals surface area contributed by atoms with Crippen LogP contribution in [0.1, 0.15) is 11.5 Å². The Morgan fingerprint density at radius 3 is 1.95 bits per heavy atom. The Labute approximate surface area is 115 Å². The van der Waals surface area contributed by atoms with Gasteiger partial charge in [0.2, 0.25) is 10.0 Å². The quantitative estimate of drug-likeness (QED) is 0.826. The molecule has 2 heterocycles. The summed E-state index contributed by atoms with van der Waals surface area (Å²) in [6, 6.07) is 6.49. The largest absolute Gasteiger partial charge is 0.480 e. The molecule has 8 heteroatoms. The molecule has 108 valence electrons. The first-order valence-corrected chi connectivity index (χ1v) is 7.32. The summed E-state index contributed by atoms with van der Waals surface area (Å²) in [4.78, 5) is 10.7. The van der Waals surface area contributed by atoms with E-state index in [-0.39, 0.29) is 13.1 Å². The second kappa shape index (κ2) is 5.93. The van der Waals surface area contributed by atoms with Crippen LogP contribution in [0.3, 0.4) is 0 Å². The lowest BCUT2D eigenvalue weighted by Crippen LogP contribution is -2.34. The van der Waals surface area contributed by atoms with Crippen LogP contribution in [0.4, 0.5) is 0 Å². The van der Waals surface area contributed by atoms with Gasteiger partial charge in [-0.2, -0.15) is 4.31 Å². The van der Waals surface area contributed by atoms with E-state index in [1.54, 1.807) is 24.3 Å². The third-order valence-electron chi connectivity index (χ3n) is 2.52. The van der Waals surface area contributed by atoms with Crippen LogP contribution in [0.5, 0.6) is 0 Å². The van der Waals surface area contributed by atoms with Gasteiger partial charge < -0.3 is 13.9 Å². The van der Waals surface area contributed by atoms with E-state index in [1.807, 2.05) is 0 Å². The Morgan fingerprint density at radius 1 is 1.10 bits per heavy atom. The maximum absolute atomic E-state index is 12.1. The molecule has 0 saturated heterocycles. The summed E-state index contributed by atoms with van der Waals surface area (Å²) in [6.07, 6.45) is 2.84. The lowest BCUT2D eigenvalue weighted by Gasteiger charge is -2.19. The van der Waals surface area contributed by atoms with Crippen molar-refractivity contribution < 1.29 is 27.2 Å². The van der Waals surface area contributed by atoms with Crippen molar-refractivity contribution in [2.75, 3.05) is 5.75 Å². The first-order chi connectivity index (χ1) is 9.47. The number of sulfonamides is 1. The fraction of sp³-hybridized carbons (Fsp3) is 0.250. The van der Waals surface area contributed by atoms with Crippen molar-refractivity contribution in [3.63, 3.8) is 0 Å². The predicted molar refractivity (Wildman–Crippen MR) is 68.1 cm³/mol. The number of rotatable bonds is 7. The van der Waals surface area contributed by atoms with Gasteiger partial charge in [-0.15, -0.1) is 0 Å². The molecule has 0 fully saturated rings. The van der Waals surface area contributed by atoms with Crippen LogP contribution >= 0.6 is 0 Å². The number of furan rings is 2. The van der Waals surface area contributed by atoms with Crippen LogP contribution in [0.25, 0.3) is 0 Å². The maximum Gasteiger partial charge on any atom is 0.320 e. The maximum atomic E-state index is 12.1. The summed E-state index contributed by atoms with van der Waals surface area (Å²) in [5.41, 5.74) is 0. The highest BCUT2D eigenvalue weighted by atomic mass is 32.2. The van der Waals surface area contributed by atoms with Crippen molar-refractivity contribution in [1.29, 1.82) is 0 Å². The molecule has 0 aliphatic carbocycles. The number of hydrogen-bond acceptors (Lipinski definition) is 5. The molecule has 0 saturated carbocycles. The van der Waals surface area contributed by atoms with Crippen molar-refractivity contribution in [3.8, 4) is 0 Å². The molecule has 7 nitrogen and oxygen atoms in total. The molecular weight excluding hydrogens is 286 g/mol. The molecule has 1 N–H and O–H groups in total. The lowest BCUT2D eigenvalue weighted by molar-refractivity contribution is -0.134. The number of nitrogens with zero attached hydrogens (tertiary/aromatic N) is 1. The summed E-state index contributed by atoms with van der Waals surface area (Å²) in [7, 11) is -3.96. The van der Waals surface area contributed by atoms with E-state index >= 15 is 0 Å². The van der Waals surface area contributed by atoms with Gasteiger partial charge in [0.15, 0.2) is 5.75 Å². The second-order valence-electron chi connectivity index (χ2n) is 4.08. The predicted octanol–water partition coefficient (Wildman–Crippen LogP) is 1.29. The Kier molecular flexibility index (Phi) is 4.26. The highest BCUT2D eigenvalue weighted by Crippen LogP contribution is 2.15. The van der Waals surface area contributed by atoms with E-state index in [2.05, 4.69) is 0 Å². The zero-order valence-corrected chi connectivity index (χ0v) is 11.2. The van der Waals surface area contributed by atoms with Gasteiger partial charge in [0.25, 0.3) is 0 Å². The van der Waals surface area contributed by atoms with Crippen LogP contribution in [0, 0.1) is 0 Å². The Morgan fingerprint density at radius 2 is 1.60 bits per heavy atom. The number of carboxylic acids is 1. The van der Waals surface area contributed by atoms with E-state index in [1.165, 1.54) is 12.5 Å². The van der Waals surface area contributed by atoms with Gasteiger partial charge in [0.1, 0.15) is 11.5 Å². The average Bonchev–Trinajstić information content (AvgIpc) is 2.98. The Balaban J connectivity index is 2.21. The molecule has 0 amide bonds. The first-order valence-electron chi connectivity index (χ1n) is 5.72. The first kappa shape index (κ1) is 14.4. The van der Waals surface area contributed by atoms with Crippen LogP contribution < -0.4 is 0 Å². The molecule has 0 unspecified atom stereocenters. The van der Waals surface area contributed by atoms with Gasteiger partial charge in [-0.05, 0) is 24.3 Å². The lowest BCUT2D eigenvalue weighted by atomic mass is 10.4. The van der Waals surface area contributed by atoms with Crippen LogP contribution in [0.2, 0.25) is 0 Å². The van der Waals surface area contributed by atoms with E-state index in [4.69, 9.17) is 13.9 Å². The summed E-state index contributed by atoms with van der Waals surface area (Å²) in [5.74, 6) is -1.54. The van der Waals surface area contributed by atoms with Gasteiger partial charge in [0.05, 0.1) is 25.6 Å². The third kappa shape index (κ3) is 3.72. The van der Waals surface area contributed by atoms with Gasteiger partial charge in [-0.25, -0.2) is 8.42 Å². The Bertz CT molecular complexity index is 608. The zero-order valence-electron chi connectivity index (χ0n) is 10.4. The van der Waals surface area contributed by atoms with E-state index in [0.29, 0.717) is 11.5 Å². The Hall–Kier alpha value is -2.06. The molecular formula is C12H13NO6S. The van der Waals surface area contributed by atoms with E-state index < -0.39 is 21.7 Å². The average molecular weight is 299 g/mol. The second-order valence-corrected chi connectivity index (χ2v) is 6.05. The fourth-order valence-electron chi connectivity index (χ4n) is 1.65. The van der Waals surface area contributed by atoms with Gasteiger partial charge in [0, 0.05) is 0 Å². The molecule has 0 aliphatic rings. The number of carbonyl (C=O) groups is 1. The number of hydrogen-bond donors (Lipinski definition) is 1. The molecule has 0 aromatic carbocycles. The normalized spacial score (nSPS) is 11.8. The molecule has 2 aromatic rings. The summed E-state index contributed by atoms with van der Waals surface area (Å²) in [5, 5.41) is 8.70. The molecule has 0 spiro atoms. The molecule has 20 heavy (non-hydrogen) atoms. The molecule has 0 bridgehead atoms. The highest BCUT2D eigenvalue weighted by Gasteiger charge is 2.27.